The molecule has 1 saturated heterocycles. The lowest BCUT2D eigenvalue weighted by molar-refractivity contribution is -0.116. The lowest BCUT2D eigenvalue weighted by Crippen LogP contribution is -2.23. The third-order valence-electron chi connectivity index (χ3n) is 4.30. The molecule has 27 heavy (non-hydrogen) atoms. The van der Waals surface area contributed by atoms with E-state index in [0.717, 1.165) is 33.0 Å². The van der Waals surface area contributed by atoms with E-state index in [1.165, 1.54) is 24.3 Å². The summed E-state index contributed by atoms with van der Waals surface area (Å²) in [7, 11) is 1.70. The van der Waals surface area contributed by atoms with Crippen LogP contribution in [0.15, 0.2) is 50.8 Å². The summed E-state index contributed by atoms with van der Waals surface area (Å²) in [6.07, 6.45) is 0. The van der Waals surface area contributed by atoms with E-state index in [4.69, 9.17) is 0 Å². The Balaban J connectivity index is 1.79. The SMILES string of the molecule is Cc1cc(Br)cc2c1N(C)C(=O)/C2=C1\SC(=Nc2ccc(F)cc2)NC1=O. The van der Waals surface area contributed by atoms with Crippen molar-refractivity contribution in [2.45, 2.75) is 6.92 Å². The molecule has 4 rings (SSSR count). The van der Waals surface area contributed by atoms with E-state index in [9.17, 15) is 14.0 Å². The highest BCUT2D eigenvalue weighted by atomic mass is 79.9. The van der Waals surface area contributed by atoms with Crippen molar-refractivity contribution >= 4 is 61.6 Å². The van der Waals surface area contributed by atoms with E-state index in [1.54, 1.807) is 11.9 Å². The predicted octanol–water partition coefficient (Wildman–Crippen LogP) is 4.13. The summed E-state index contributed by atoms with van der Waals surface area (Å²) in [6.45, 7) is 1.92. The number of hydrogen-bond donors (Lipinski definition) is 1. The molecule has 0 unspecified atom stereocenters. The standard InChI is InChI=1S/C19H13BrFN3O2S/c1-9-7-10(20)8-13-14(18(26)24(2)15(9)13)16-17(25)23-19(27-16)22-12-5-3-11(21)4-6-12/h3-8H,1-2H3,(H,22,23,25)/b16-14-. The molecular weight excluding hydrogens is 433 g/mol. The van der Waals surface area contributed by atoms with E-state index in [1.807, 2.05) is 19.1 Å². The Morgan fingerprint density at radius 2 is 1.89 bits per heavy atom. The Morgan fingerprint density at radius 1 is 1.19 bits per heavy atom. The lowest BCUT2D eigenvalue weighted by atomic mass is 10.0. The van der Waals surface area contributed by atoms with Crippen molar-refractivity contribution in [1.82, 2.24) is 5.32 Å². The quantitative estimate of drug-likeness (QED) is 0.671. The van der Waals surface area contributed by atoms with E-state index in [2.05, 4.69) is 26.2 Å². The highest BCUT2D eigenvalue weighted by molar-refractivity contribution is 9.10. The maximum absolute atomic E-state index is 13.0. The van der Waals surface area contributed by atoms with Gasteiger partial charge in [0.2, 0.25) is 0 Å². The number of carbonyl (C=O) groups is 2. The van der Waals surface area contributed by atoms with Gasteiger partial charge in [0.25, 0.3) is 11.8 Å². The average Bonchev–Trinajstić information content (AvgIpc) is 3.07. The van der Waals surface area contributed by atoms with Crippen molar-refractivity contribution in [1.29, 1.82) is 0 Å². The molecule has 1 N–H and O–H groups in total. The minimum absolute atomic E-state index is 0.230. The summed E-state index contributed by atoms with van der Waals surface area (Å²) in [6, 6.07) is 9.40. The first kappa shape index (κ1) is 17.9. The fraction of sp³-hybridized carbons (Fsp3) is 0.105. The summed E-state index contributed by atoms with van der Waals surface area (Å²) in [5, 5.41) is 3.03. The first-order valence-corrected chi connectivity index (χ1v) is 9.62. The molecule has 5 nitrogen and oxygen atoms in total. The lowest BCUT2D eigenvalue weighted by Gasteiger charge is -2.12. The van der Waals surface area contributed by atoms with Crippen molar-refractivity contribution in [3.05, 3.63) is 62.7 Å². The number of halogens is 2. The number of carbonyl (C=O) groups excluding carboxylic acids is 2. The van der Waals surface area contributed by atoms with Crippen molar-refractivity contribution in [3.8, 4) is 0 Å². The number of benzene rings is 2. The van der Waals surface area contributed by atoms with Gasteiger partial charge in [0, 0.05) is 17.1 Å². The number of hydrogen-bond acceptors (Lipinski definition) is 4. The third kappa shape index (κ3) is 3.08. The van der Waals surface area contributed by atoms with Gasteiger partial charge in [-0.1, -0.05) is 15.9 Å². The molecule has 0 aromatic heterocycles. The van der Waals surface area contributed by atoms with E-state index in [0.29, 0.717) is 21.3 Å². The smallest absolute Gasteiger partial charge is 0.264 e. The number of thioether (sulfide) groups is 1. The number of aryl methyl sites for hydroxylation is 1. The van der Waals surface area contributed by atoms with Gasteiger partial charge in [0.1, 0.15) is 5.82 Å². The normalized spacial score (nSPS) is 20.4. The second-order valence-electron chi connectivity index (χ2n) is 6.14. The Kier molecular flexibility index (Phi) is 4.39. The molecule has 0 aliphatic carbocycles. The largest absolute Gasteiger partial charge is 0.310 e. The number of anilines is 1. The number of likely N-dealkylation sites (N-methyl/N-ethyl adjacent to an activating group) is 1. The van der Waals surface area contributed by atoms with Crippen LogP contribution in [0, 0.1) is 12.7 Å². The fourth-order valence-corrected chi connectivity index (χ4v) is 4.65. The molecule has 0 bridgehead atoms. The van der Waals surface area contributed by atoms with E-state index < -0.39 is 0 Å². The number of nitrogens with zero attached hydrogens (tertiary/aromatic N) is 2. The minimum Gasteiger partial charge on any atom is -0.310 e. The van der Waals surface area contributed by atoms with Crippen molar-refractivity contribution in [2.75, 3.05) is 11.9 Å². The summed E-state index contributed by atoms with van der Waals surface area (Å²) in [5.74, 6) is -0.961. The van der Waals surface area contributed by atoms with Crippen LogP contribution >= 0.6 is 27.7 Å². The Hall–Kier alpha value is -2.45. The van der Waals surface area contributed by atoms with Crippen molar-refractivity contribution in [3.63, 3.8) is 0 Å². The van der Waals surface area contributed by atoms with Gasteiger partial charge in [0.15, 0.2) is 5.17 Å². The van der Waals surface area contributed by atoms with Crippen LogP contribution in [0.1, 0.15) is 11.1 Å². The molecule has 0 atom stereocenters. The van der Waals surface area contributed by atoms with Gasteiger partial charge in [-0.2, -0.15) is 0 Å². The molecule has 0 saturated carbocycles. The average molecular weight is 446 g/mol. The molecule has 1 fully saturated rings. The van der Waals surface area contributed by atoms with Crippen LogP contribution in [0.4, 0.5) is 15.8 Å². The fourth-order valence-electron chi connectivity index (χ4n) is 3.15. The highest BCUT2D eigenvalue weighted by Crippen LogP contribution is 2.44. The molecular formula is C19H13BrFN3O2S. The number of amidine groups is 1. The Morgan fingerprint density at radius 3 is 2.59 bits per heavy atom. The van der Waals surface area contributed by atoms with Crippen LogP contribution < -0.4 is 10.2 Å². The first-order chi connectivity index (χ1) is 12.8. The van der Waals surface area contributed by atoms with Gasteiger partial charge in [-0.15, -0.1) is 0 Å². The Labute approximate surface area is 167 Å². The molecule has 2 aromatic carbocycles. The van der Waals surface area contributed by atoms with Crippen LogP contribution in [-0.2, 0) is 9.59 Å². The van der Waals surface area contributed by atoms with Gasteiger partial charge < -0.3 is 10.2 Å². The molecule has 2 aliphatic heterocycles. The van der Waals surface area contributed by atoms with Gasteiger partial charge in [-0.25, -0.2) is 9.38 Å². The first-order valence-electron chi connectivity index (χ1n) is 8.01. The molecule has 0 radical (unpaired) electrons. The molecule has 2 amide bonds. The number of fused-ring (bicyclic) bond motifs is 1. The van der Waals surface area contributed by atoms with Crippen molar-refractivity contribution < 1.29 is 14.0 Å². The van der Waals surface area contributed by atoms with Gasteiger partial charge >= 0.3 is 0 Å². The van der Waals surface area contributed by atoms with Gasteiger partial charge in [-0.3, -0.25) is 9.59 Å². The zero-order valence-corrected chi connectivity index (χ0v) is 16.7. The molecule has 136 valence electrons. The number of rotatable bonds is 1. The van der Waals surface area contributed by atoms with Crippen LogP contribution in [0.5, 0.6) is 0 Å². The van der Waals surface area contributed by atoms with E-state index in [-0.39, 0.29) is 17.6 Å². The maximum atomic E-state index is 13.0. The Bertz CT molecular complexity index is 1060. The van der Waals surface area contributed by atoms with Crippen LogP contribution in [-0.4, -0.2) is 24.0 Å². The van der Waals surface area contributed by atoms with Crippen LogP contribution in [0.3, 0.4) is 0 Å². The summed E-state index contributed by atoms with van der Waals surface area (Å²) < 4.78 is 13.9. The van der Waals surface area contributed by atoms with Crippen molar-refractivity contribution in [2.24, 2.45) is 4.99 Å². The summed E-state index contributed by atoms with van der Waals surface area (Å²) >= 11 is 4.56. The molecule has 2 heterocycles. The van der Waals surface area contributed by atoms with Crippen LogP contribution in [0.25, 0.3) is 5.57 Å². The summed E-state index contributed by atoms with van der Waals surface area (Å²) in [4.78, 5) is 31.6. The monoisotopic (exact) mass is 445 g/mol. The summed E-state index contributed by atoms with van der Waals surface area (Å²) in [5.41, 5.74) is 3.33. The zero-order chi connectivity index (χ0) is 19.3. The minimum atomic E-state index is -0.372. The number of amides is 2. The maximum Gasteiger partial charge on any atom is 0.264 e. The second kappa shape index (κ2) is 6.61. The third-order valence-corrected chi connectivity index (χ3v) is 5.74. The molecule has 0 spiro atoms. The second-order valence-corrected chi connectivity index (χ2v) is 8.05. The van der Waals surface area contributed by atoms with Gasteiger partial charge in [0.05, 0.1) is 21.9 Å². The molecule has 2 aromatic rings. The van der Waals surface area contributed by atoms with Crippen LogP contribution in [0.2, 0.25) is 0 Å². The number of aliphatic imine (C=N–C) groups is 1. The highest BCUT2D eigenvalue weighted by Gasteiger charge is 2.38. The topological polar surface area (TPSA) is 61.8 Å². The molecule has 8 heteroatoms. The van der Waals surface area contributed by atoms with Gasteiger partial charge in [-0.05, 0) is 60.6 Å². The predicted molar refractivity (Wildman–Crippen MR) is 108 cm³/mol. The zero-order valence-electron chi connectivity index (χ0n) is 14.3. The number of nitrogens with one attached hydrogen (secondary N) is 1. The molecule has 2 aliphatic rings. The van der Waals surface area contributed by atoms with E-state index >= 15 is 0 Å².